The van der Waals surface area contributed by atoms with Gasteiger partial charge in [0.05, 0.1) is 12.1 Å². The van der Waals surface area contributed by atoms with Gasteiger partial charge in [-0.25, -0.2) is 4.79 Å². The van der Waals surface area contributed by atoms with Crippen LogP contribution < -0.4 is 5.32 Å². The summed E-state index contributed by atoms with van der Waals surface area (Å²) in [7, 11) is 1.69. The molecule has 0 aromatic rings. The minimum atomic E-state index is -1.00. The maximum absolute atomic E-state index is 13.5. The zero-order valence-corrected chi connectivity index (χ0v) is 20.9. The van der Waals surface area contributed by atoms with Crippen molar-refractivity contribution in [1.82, 2.24) is 15.1 Å². The highest BCUT2D eigenvalue weighted by Crippen LogP contribution is 2.25. The van der Waals surface area contributed by atoms with E-state index < -0.39 is 17.4 Å². The van der Waals surface area contributed by atoms with E-state index in [2.05, 4.69) is 24.1 Å². The van der Waals surface area contributed by atoms with E-state index in [1.54, 1.807) is 18.0 Å². The van der Waals surface area contributed by atoms with E-state index in [-0.39, 0.29) is 41.4 Å². The lowest BCUT2D eigenvalue weighted by Crippen LogP contribution is -2.60. The van der Waals surface area contributed by atoms with E-state index in [9.17, 15) is 19.5 Å². The summed E-state index contributed by atoms with van der Waals surface area (Å²) >= 11 is 0. The molecule has 1 unspecified atom stereocenters. The molecule has 0 aromatic carbocycles. The molecule has 1 aliphatic rings. The number of aliphatic carboxylic acids is 1. The zero-order chi connectivity index (χ0) is 24.1. The van der Waals surface area contributed by atoms with Crippen LogP contribution in [-0.4, -0.2) is 70.4 Å². The number of hydrogen-bond acceptors (Lipinski definition) is 4. The minimum Gasteiger partial charge on any atom is -0.478 e. The molecule has 2 N–H and O–H groups in total. The highest BCUT2D eigenvalue weighted by atomic mass is 16.4. The molecule has 178 valence electrons. The molecule has 0 bridgehead atoms. The molecule has 31 heavy (non-hydrogen) atoms. The SMILES string of the molecule is C/C(=C\C(C(C)C)N(C)C(=O)[C@@H](NC(=O)[C@H]1CCCCN1C(C)C)C(C)(C)C)C(=O)O. The van der Waals surface area contributed by atoms with Gasteiger partial charge >= 0.3 is 5.97 Å². The molecule has 0 radical (unpaired) electrons. The topological polar surface area (TPSA) is 90.0 Å². The standard InChI is InChI=1S/C24H43N3O4/c1-15(2)19(14-17(5)23(30)31)26(9)22(29)20(24(6,7)8)25-21(28)18-12-10-11-13-27(18)16(3)4/h14-16,18-20H,10-13H2,1-9H3,(H,25,28)(H,30,31)/b17-14+/t18-,19?,20-/m1/s1. The summed E-state index contributed by atoms with van der Waals surface area (Å²) in [6.45, 7) is 16.3. The average molecular weight is 438 g/mol. The Morgan fingerprint density at radius 2 is 1.71 bits per heavy atom. The van der Waals surface area contributed by atoms with Crippen molar-refractivity contribution < 1.29 is 19.5 Å². The number of carbonyl (C=O) groups excluding carboxylic acids is 2. The maximum atomic E-state index is 13.5. The van der Waals surface area contributed by atoms with Gasteiger partial charge in [0.2, 0.25) is 11.8 Å². The van der Waals surface area contributed by atoms with Gasteiger partial charge in [-0.05, 0) is 51.5 Å². The maximum Gasteiger partial charge on any atom is 0.331 e. The molecule has 0 aliphatic carbocycles. The summed E-state index contributed by atoms with van der Waals surface area (Å²) in [6, 6.07) is -1.06. The summed E-state index contributed by atoms with van der Waals surface area (Å²) in [6.07, 6.45) is 4.50. The Hall–Kier alpha value is -1.89. The molecule has 0 saturated carbocycles. The molecular weight excluding hydrogens is 394 g/mol. The van der Waals surface area contributed by atoms with Crippen molar-refractivity contribution in [2.24, 2.45) is 11.3 Å². The Balaban J connectivity index is 3.15. The number of hydrogen-bond donors (Lipinski definition) is 2. The van der Waals surface area contributed by atoms with Crippen molar-refractivity contribution in [1.29, 1.82) is 0 Å². The normalized spacial score (nSPS) is 20.5. The van der Waals surface area contributed by atoms with Crippen molar-refractivity contribution in [2.45, 2.75) is 98.8 Å². The summed E-state index contributed by atoms with van der Waals surface area (Å²) in [5.74, 6) is -1.29. The van der Waals surface area contributed by atoms with Crippen LogP contribution in [0.25, 0.3) is 0 Å². The Bertz CT molecular complexity index is 679. The van der Waals surface area contributed by atoms with Gasteiger partial charge in [-0.2, -0.15) is 0 Å². The number of carboxylic acids is 1. The first-order valence-corrected chi connectivity index (χ1v) is 11.4. The van der Waals surface area contributed by atoms with Crippen molar-refractivity contribution in [3.63, 3.8) is 0 Å². The number of nitrogens with one attached hydrogen (secondary N) is 1. The molecule has 0 aromatic heterocycles. The predicted octanol–water partition coefficient (Wildman–Crippen LogP) is 3.29. The number of likely N-dealkylation sites (N-methyl/N-ethyl adjacent to an activating group) is 1. The van der Waals surface area contributed by atoms with Crippen LogP contribution in [-0.2, 0) is 14.4 Å². The lowest BCUT2D eigenvalue weighted by molar-refractivity contribution is -0.142. The third-order valence-electron chi connectivity index (χ3n) is 6.15. The monoisotopic (exact) mass is 437 g/mol. The summed E-state index contributed by atoms with van der Waals surface area (Å²) in [4.78, 5) is 41.9. The van der Waals surface area contributed by atoms with Gasteiger partial charge in [0.15, 0.2) is 0 Å². The molecule has 1 aliphatic heterocycles. The second-order valence-corrected chi connectivity index (χ2v) is 10.5. The minimum absolute atomic E-state index is 0.0225. The van der Waals surface area contributed by atoms with E-state index in [0.717, 1.165) is 25.8 Å². The van der Waals surface area contributed by atoms with E-state index in [4.69, 9.17) is 0 Å². The number of rotatable bonds is 8. The zero-order valence-electron chi connectivity index (χ0n) is 20.9. The molecule has 7 heteroatoms. The average Bonchev–Trinajstić information content (AvgIpc) is 2.67. The third kappa shape index (κ3) is 7.34. The highest BCUT2D eigenvalue weighted by Gasteiger charge is 2.39. The molecule has 1 rings (SSSR count). The molecule has 3 atom stereocenters. The first-order chi connectivity index (χ1) is 14.2. The lowest BCUT2D eigenvalue weighted by atomic mass is 9.84. The predicted molar refractivity (Wildman–Crippen MR) is 124 cm³/mol. The summed E-state index contributed by atoms with van der Waals surface area (Å²) < 4.78 is 0. The van der Waals surface area contributed by atoms with Crippen LogP contribution in [0, 0.1) is 11.3 Å². The van der Waals surface area contributed by atoms with Gasteiger partial charge in [0.1, 0.15) is 6.04 Å². The second-order valence-electron chi connectivity index (χ2n) is 10.5. The molecule has 2 amide bonds. The van der Waals surface area contributed by atoms with Crippen molar-refractivity contribution in [2.75, 3.05) is 13.6 Å². The Morgan fingerprint density at radius 1 is 1.13 bits per heavy atom. The molecule has 7 nitrogen and oxygen atoms in total. The van der Waals surface area contributed by atoms with Crippen LogP contribution in [0.4, 0.5) is 0 Å². The quantitative estimate of drug-likeness (QED) is 0.569. The van der Waals surface area contributed by atoms with Crippen LogP contribution in [0.1, 0.15) is 74.7 Å². The summed E-state index contributed by atoms with van der Waals surface area (Å²) in [5, 5.41) is 12.3. The fraction of sp³-hybridized carbons (Fsp3) is 0.792. The van der Waals surface area contributed by atoms with Crippen molar-refractivity contribution in [3.05, 3.63) is 11.6 Å². The van der Waals surface area contributed by atoms with E-state index in [1.165, 1.54) is 6.92 Å². The highest BCUT2D eigenvalue weighted by molar-refractivity contribution is 5.91. The molecule has 1 fully saturated rings. The number of likely N-dealkylation sites (tertiary alicyclic amines) is 1. The first kappa shape index (κ1) is 27.1. The van der Waals surface area contributed by atoms with Gasteiger partial charge in [-0.1, -0.05) is 47.1 Å². The van der Waals surface area contributed by atoms with Gasteiger partial charge in [-0.3, -0.25) is 14.5 Å². The molecule has 1 heterocycles. The van der Waals surface area contributed by atoms with Crippen LogP contribution in [0.2, 0.25) is 0 Å². The molecule has 1 saturated heterocycles. The lowest BCUT2D eigenvalue weighted by Gasteiger charge is -2.41. The van der Waals surface area contributed by atoms with E-state index in [0.29, 0.717) is 0 Å². The summed E-state index contributed by atoms with van der Waals surface area (Å²) in [5.41, 5.74) is -0.296. The fourth-order valence-corrected chi connectivity index (χ4v) is 4.17. The Morgan fingerprint density at radius 3 is 2.16 bits per heavy atom. The Labute approximate surface area is 188 Å². The number of carboxylic acid groups (broad SMARTS) is 1. The fourth-order valence-electron chi connectivity index (χ4n) is 4.17. The number of amides is 2. The van der Waals surface area contributed by atoms with Gasteiger partial charge in [0, 0.05) is 18.7 Å². The molecular formula is C24H43N3O4. The van der Waals surface area contributed by atoms with Crippen LogP contribution in [0.3, 0.4) is 0 Å². The smallest absolute Gasteiger partial charge is 0.331 e. The second kappa shape index (κ2) is 11.1. The van der Waals surface area contributed by atoms with Crippen LogP contribution in [0.5, 0.6) is 0 Å². The van der Waals surface area contributed by atoms with Gasteiger partial charge < -0.3 is 15.3 Å². The van der Waals surface area contributed by atoms with Crippen LogP contribution >= 0.6 is 0 Å². The van der Waals surface area contributed by atoms with Crippen molar-refractivity contribution >= 4 is 17.8 Å². The molecule has 0 spiro atoms. The van der Waals surface area contributed by atoms with Gasteiger partial charge in [-0.15, -0.1) is 0 Å². The number of piperidine rings is 1. The number of carbonyl (C=O) groups is 3. The van der Waals surface area contributed by atoms with E-state index >= 15 is 0 Å². The van der Waals surface area contributed by atoms with Crippen molar-refractivity contribution in [3.8, 4) is 0 Å². The number of nitrogens with zero attached hydrogens (tertiary/aromatic N) is 2. The van der Waals surface area contributed by atoms with Gasteiger partial charge in [0.25, 0.3) is 0 Å². The first-order valence-electron chi connectivity index (χ1n) is 11.4. The van der Waals surface area contributed by atoms with Crippen LogP contribution in [0.15, 0.2) is 11.6 Å². The Kier molecular flexibility index (Phi) is 9.73. The largest absolute Gasteiger partial charge is 0.478 e. The third-order valence-corrected chi connectivity index (χ3v) is 6.15. The van der Waals surface area contributed by atoms with E-state index in [1.807, 2.05) is 34.6 Å².